The number of methoxy groups -OCH3 is 1. The zero-order valence-corrected chi connectivity index (χ0v) is 21.4. The lowest BCUT2D eigenvalue weighted by Gasteiger charge is -2.39. The molecule has 10 heteroatoms. The normalized spacial score (nSPS) is 15.3. The van der Waals surface area contributed by atoms with Crippen LogP contribution in [0.2, 0.25) is 0 Å². The molecule has 4 aromatic rings. The Kier molecular flexibility index (Phi) is 6.44. The summed E-state index contributed by atoms with van der Waals surface area (Å²) in [5.41, 5.74) is 3.37. The molecule has 0 spiro atoms. The van der Waals surface area contributed by atoms with E-state index in [9.17, 15) is 0 Å². The summed E-state index contributed by atoms with van der Waals surface area (Å²) in [5.74, 6) is 2.83. The smallest absolute Gasteiger partial charge is 0.227 e. The van der Waals surface area contributed by atoms with Crippen LogP contribution in [0.25, 0.3) is 22.3 Å². The van der Waals surface area contributed by atoms with Gasteiger partial charge in [-0.15, -0.1) is 10.2 Å². The van der Waals surface area contributed by atoms with Crippen molar-refractivity contribution in [3.8, 4) is 17.1 Å². The molecule has 1 aliphatic rings. The molecule has 36 heavy (non-hydrogen) atoms. The summed E-state index contributed by atoms with van der Waals surface area (Å²) < 4.78 is 13.5. The van der Waals surface area contributed by atoms with Crippen LogP contribution < -0.4 is 15.0 Å². The number of pyridine rings is 1. The molecular formula is C26H32N8O2. The SMILES string of the molecule is CCOc1cc(-c2nncn2C)ccc1Nc1ncc2cc(C)nc(N3CCC(C)(OC)CC3)c2n1. The van der Waals surface area contributed by atoms with Crippen LogP contribution in [-0.2, 0) is 11.8 Å². The van der Waals surface area contributed by atoms with E-state index < -0.39 is 0 Å². The first-order valence-electron chi connectivity index (χ1n) is 12.2. The summed E-state index contributed by atoms with van der Waals surface area (Å²) in [7, 11) is 3.70. The van der Waals surface area contributed by atoms with E-state index in [0.29, 0.717) is 18.3 Å². The molecule has 1 saturated heterocycles. The second-order valence-corrected chi connectivity index (χ2v) is 9.39. The van der Waals surface area contributed by atoms with E-state index in [-0.39, 0.29) is 5.60 Å². The predicted octanol–water partition coefficient (Wildman–Crippen LogP) is 4.28. The van der Waals surface area contributed by atoms with Crippen molar-refractivity contribution < 1.29 is 9.47 Å². The van der Waals surface area contributed by atoms with Crippen LogP contribution >= 0.6 is 0 Å². The molecule has 188 valence electrons. The largest absolute Gasteiger partial charge is 0.492 e. The number of piperidine rings is 1. The molecule has 0 bridgehead atoms. The number of nitrogens with one attached hydrogen (secondary N) is 1. The molecule has 0 radical (unpaired) electrons. The molecule has 1 fully saturated rings. The first-order chi connectivity index (χ1) is 17.4. The van der Waals surface area contributed by atoms with Crippen LogP contribution in [0.4, 0.5) is 17.5 Å². The van der Waals surface area contributed by atoms with E-state index >= 15 is 0 Å². The van der Waals surface area contributed by atoms with E-state index in [1.54, 1.807) is 13.4 Å². The first-order valence-corrected chi connectivity index (χ1v) is 12.2. The maximum Gasteiger partial charge on any atom is 0.227 e. The Balaban J connectivity index is 1.47. The fourth-order valence-corrected chi connectivity index (χ4v) is 4.53. The van der Waals surface area contributed by atoms with Crippen LogP contribution in [0, 0.1) is 6.92 Å². The molecule has 10 nitrogen and oxygen atoms in total. The molecular weight excluding hydrogens is 456 g/mol. The Morgan fingerprint density at radius 3 is 2.64 bits per heavy atom. The second-order valence-electron chi connectivity index (χ2n) is 9.39. The summed E-state index contributed by atoms with van der Waals surface area (Å²) in [6, 6.07) is 7.90. The van der Waals surface area contributed by atoms with Gasteiger partial charge in [0.05, 0.1) is 17.9 Å². The lowest BCUT2D eigenvalue weighted by molar-refractivity contribution is -0.0133. The lowest BCUT2D eigenvalue weighted by Crippen LogP contribution is -2.44. The topological polar surface area (TPSA) is 103 Å². The number of aromatic nitrogens is 6. The van der Waals surface area contributed by atoms with Gasteiger partial charge in [0, 0.05) is 50.1 Å². The third-order valence-corrected chi connectivity index (χ3v) is 6.79. The zero-order valence-electron chi connectivity index (χ0n) is 21.4. The van der Waals surface area contributed by atoms with Crippen molar-refractivity contribution in [2.75, 3.05) is 37.0 Å². The van der Waals surface area contributed by atoms with Crippen LogP contribution in [-0.4, -0.2) is 62.1 Å². The third kappa shape index (κ3) is 4.68. The molecule has 0 aliphatic carbocycles. The number of hydrogen-bond donors (Lipinski definition) is 1. The fraction of sp³-hybridized carbons (Fsp3) is 0.423. The van der Waals surface area contributed by atoms with Crippen molar-refractivity contribution >= 4 is 28.4 Å². The highest BCUT2D eigenvalue weighted by Crippen LogP contribution is 2.34. The van der Waals surface area contributed by atoms with Gasteiger partial charge in [0.25, 0.3) is 0 Å². The highest BCUT2D eigenvalue weighted by molar-refractivity contribution is 5.89. The van der Waals surface area contributed by atoms with Gasteiger partial charge >= 0.3 is 0 Å². The molecule has 5 rings (SSSR count). The van der Waals surface area contributed by atoms with Gasteiger partial charge in [-0.2, -0.15) is 0 Å². The Bertz CT molecular complexity index is 1380. The number of rotatable bonds is 7. The van der Waals surface area contributed by atoms with Crippen molar-refractivity contribution in [3.05, 3.63) is 42.5 Å². The maximum absolute atomic E-state index is 5.93. The first kappa shape index (κ1) is 23.9. The van der Waals surface area contributed by atoms with Gasteiger partial charge in [0.1, 0.15) is 17.6 Å². The Labute approximate surface area is 210 Å². The summed E-state index contributed by atoms with van der Waals surface area (Å²) in [6.07, 6.45) is 5.40. The van der Waals surface area contributed by atoms with E-state index in [0.717, 1.165) is 65.4 Å². The zero-order chi connectivity index (χ0) is 25.3. The van der Waals surface area contributed by atoms with Gasteiger partial charge in [0.2, 0.25) is 5.95 Å². The minimum Gasteiger partial charge on any atom is -0.492 e. The van der Waals surface area contributed by atoms with Crippen molar-refractivity contribution in [2.45, 2.75) is 39.2 Å². The minimum absolute atomic E-state index is 0.0926. The van der Waals surface area contributed by atoms with Crippen molar-refractivity contribution in [3.63, 3.8) is 0 Å². The van der Waals surface area contributed by atoms with Crippen molar-refractivity contribution in [1.82, 2.24) is 29.7 Å². The molecule has 1 aliphatic heterocycles. The molecule has 1 N–H and O–H groups in total. The van der Waals surface area contributed by atoms with Gasteiger partial charge in [-0.3, -0.25) is 0 Å². The van der Waals surface area contributed by atoms with Gasteiger partial charge in [0.15, 0.2) is 11.6 Å². The molecule has 0 unspecified atom stereocenters. The number of fused-ring (bicyclic) bond motifs is 1. The summed E-state index contributed by atoms with van der Waals surface area (Å²) >= 11 is 0. The average molecular weight is 489 g/mol. The number of ether oxygens (including phenoxy) is 2. The van der Waals surface area contributed by atoms with E-state index in [1.807, 2.05) is 55.9 Å². The van der Waals surface area contributed by atoms with Crippen LogP contribution in [0.1, 0.15) is 32.4 Å². The van der Waals surface area contributed by atoms with Gasteiger partial charge in [-0.1, -0.05) is 0 Å². The Morgan fingerprint density at radius 2 is 1.94 bits per heavy atom. The highest BCUT2D eigenvalue weighted by atomic mass is 16.5. The molecule has 0 saturated carbocycles. The second kappa shape index (κ2) is 9.69. The van der Waals surface area contributed by atoms with Gasteiger partial charge < -0.3 is 24.3 Å². The van der Waals surface area contributed by atoms with Crippen LogP contribution in [0.3, 0.4) is 0 Å². The standard InChI is InChI=1S/C26H32N8O2/c1-6-36-21-14-18(23-32-28-16-33(23)4)7-8-20(21)30-25-27-15-19-13-17(2)29-24(22(19)31-25)34-11-9-26(3,35-5)10-12-34/h7-8,13-16H,6,9-12H2,1-5H3,(H,27,30,31). The van der Waals surface area contributed by atoms with Gasteiger partial charge in [-0.05, 0) is 57.9 Å². The minimum atomic E-state index is -0.0926. The number of nitrogens with zero attached hydrogens (tertiary/aromatic N) is 7. The molecule has 3 aromatic heterocycles. The lowest BCUT2D eigenvalue weighted by atomic mass is 9.93. The van der Waals surface area contributed by atoms with Crippen LogP contribution in [0.15, 0.2) is 36.8 Å². The number of anilines is 3. The molecule has 1 aromatic carbocycles. The van der Waals surface area contributed by atoms with Crippen molar-refractivity contribution in [2.24, 2.45) is 7.05 Å². The molecule has 0 atom stereocenters. The molecule has 0 amide bonds. The van der Waals surface area contributed by atoms with E-state index in [2.05, 4.69) is 32.3 Å². The van der Waals surface area contributed by atoms with Crippen LogP contribution in [0.5, 0.6) is 5.75 Å². The number of hydrogen-bond acceptors (Lipinski definition) is 9. The summed E-state index contributed by atoms with van der Waals surface area (Å²) in [5, 5.41) is 12.5. The highest BCUT2D eigenvalue weighted by Gasteiger charge is 2.31. The quantitative estimate of drug-likeness (QED) is 0.408. The van der Waals surface area contributed by atoms with E-state index in [4.69, 9.17) is 19.4 Å². The van der Waals surface area contributed by atoms with E-state index in [1.165, 1.54) is 0 Å². The Hall–Kier alpha value is -3.79. The fourth-order valence-electron chi connectivity index (χ4n) is 4.53. The average Bonchev–Trinajstić information content (AvgIpc) is 3.31. The maximum atomic E-state index is 5.93. The van der Waals surface area contributed by atoms with Gasteiger partial charge in [-0.25, -0.2) is 15.0 Å². The predicted molar refractivity (Wildman–Crippen MR) is 140 cm³/mol. The Morgan fingerprint density at radius 1 is 1.14 bits per heavy atom. The summed E-state index contributed by atoms with van der Waals surface area (Å²) in [6.45, 7) is 8.38. The molecule has 4 heterocycles. The van der Waals surface area contributed by atoms with Crippen molar-refractivity contribution in [1.29, 1.82) is 0 Å². The number of aryl methyl sites for hydroxylation is 2. The monoisotopic (exact) mass is 488 g/mol. The number of benzene rings is 1. The third-order valence-electron chi connectivity index (χ3n) is 6.79. The summed E-state index contributed by atoms with van der Waals surface area (Å²) in [4.78, 5) is 16.6.